The Bertz CT molecular complexity index is 1460. The summed E-state index contributed by atoms with van der Waals surface area (Å²) in [6.45, 7) is 7.97. The summed E-state index contributed by atoms with van der Waals surface area (Å²) in [4.78, 5) is 16.2. The number of amides is 1. The SMILES string of the molecule is COc1cccc(C2CC(C(=O)NS(=O)(=O)Oc3c(C(C)C)cccc3C(C)C)C3CCC2N3c2ccccc2)c1. The van der Waals surface area contributed by atoms with Crippen LogP contribution in [-0.2, 0) is 15.1 Å². The van der Waals surface area contributed by atoms with Crippen LogP contribution in [0.4, 0.5) is 5.69 Å². The number of methoxy groups -OCH3 is 1. The Morgan fingerprint density at radius 3 is 2.15 bits per heavy atom. The van der Waals surface area contributed by atoms with E-state index in [0.717, 1.165) is 41.0 Å². The topological polar surface area (TPSA) is 84.9 Å². The largest absolute Gasteiger partial charge is 0.497 e. The Kier molecular flexibility index (Phi) is 8.32. The molecule has 2 bridgehead atoms. The van der Waals surface area contributed by atoms with Gasteiger partial charge in [-0.1, -0.05) is 76.2 Å². The van der Waals surface area contributed by atoms with Crippen LogP contribution < -0.4 is 18.5 Å². The molecule has 1 amide bonds. The van der Waals surface area contributed by atoms with E-state index < -0.39 is 22.1 Å². The van der Waals surface area contributed by atoms with Crippen LogP contribution in [0.1, 0.15) is 81.4 Å². The molecule has 3 aromatic carbocycles. The average molecular weight is 577 g/mol. The number of hydrogen-bond donors (Lipinski definition) is 1. The maximum Gasteiger partial charge on any atom is 0.409 e. The zero-order chi connectivity index (χ0) is 29.3. The molecule has 7 nitrogen and oxygen atoms in total. The molecule has 0 aromatic heterocycles. The van der Waals surface area contributed by atoms with Crippen LogP contribution in [0.3, 0.4) is 0 Å². The zero-order valence-electron chi connectivity index (χ0n) is 24.4. The lowest BCUT2D eigenvalue weighted by molar-refractivity contribution is -0.124. The van der Waals surface area contributed by atoms with Gasteiger partial charge in [0, 0.05) is 23.7 Å². The molecule has 3 aromatic rings. The Morgan fingerprint density at radius 2 is 1.51 bits per heavy atom. The van der Waals surface area contributed by atoms with Crippen molar-refractivity contribution in [2.45, 2.75) is 76.8 Å². The first-order chi connectivity index (χ1) is 19.6. The van der Waals surface area contributed by atoms with Gasteiger partial charge in [-0.2, -0.15) is 8.42 Å². The van der Waals surface area contributed by atoms with Gasteiger partial charge < -0.3 is 13.8 Å². The van der Waals surface area contributed by atoms with Crippen molar-refractivity contribution >= 4 is 21.9 Å². The van der Waals surface area contributed by atoms with E-state index in [-0.39, 0.29) is 29.8 Å². The second kappa shape index (κ2) is 11.8. The van der Waals surface area contributed by atoms with Crippen LogP contribution in [0.2, 0.25) is 0 Å². The number of fused-ring (bicyclic) bond motifs is 2. The third kappa shape index (κ3) is 5.94. The van der Waals surface area contributed by atoms with Gasteiger partial charge in [-0.25, -0.2) is 4.72 Å². The van der Waals surface area contributed by atoms with Crippen molar-refractivity contribution < 1.29 is 22.1 Å². The van der Waals surface area contributed by atoms with Crippen molar-refractivity contribution in [3.63, 3.8) is 0 Å². The lowest BCUT2D eigenvalue weighted by atomic mass is 9.78. The van der Waals surface area contributed by atoms with Gasteiger partial charge in [0.05, 0.1) is 13.0 Å². The first kappa shape index (κ1) is 29.0. The second-order valence-corrected chi connectivity index (χ2v) is 13.0. The molecule has 0 spiro atoms. The molecule has 0 radical (unpaired) electrons. The molecular formula is C33H40N2O5S. The van der Waals surface area contributed by atoms with E-state index in [1.807, 2.05) is 82.3 Å². The quantitative estimate of drug-likeness (QED) is 0.312. The van der Waals surface area contributed by atoms with Crippen molar-refractivity contribution in [2.24, 2.45) is 5.92 Å². The molecule has 2 fully saturated rings. The Hall–Kier alpha value is -3.52. The minimum Gasteiger partial charge on any atom is -0.497 e. The van der Waals surface area contributed by atoms with Gasteiger partial charge in [0.15, 0.2) is 5.75 Å². The van der Waals surface area contributed by atoms with Gasteiger partial charge in [0.2, 0.25) is 5.91 Å². The third-order valence-electron chi connectivity index (χ3n) is 8.56. The predicted molar refractivity (Wildman–Crippen MR) is 162 cm³/mol. The van der Waals surface area contributed by atoms with Crippen LogP contribution >= 0.6 is 0 Å². The number of nitrogens with zero attached hydrogens (tertiary/aromatic N) is 1. The number of nitrogens with one attached hydrogen (secondary N) is 1. The van der Waals surface area contributed by atoms with E-state index in [2.05, 4.69) is 27.8 Å². The Morgan fingerprint density at radius 1 is 0.878 bits per heavy atom. The fourth-order valence-corrected chi connectivity index (χ4v) is 7.50. The van der Waals surface area contributed by atoms with Gasteiger partial charge in [-0.15, -0.1) is 0 Å². The van der Waals surface area contributed by atoms with Crippen molar-refractivity contribution in [3.8, 4) is 11.5 Å². The highest BCUT2D eigenvalue weighted by Gasteiger charge is 2.50. The number of anilines is 1. The van der Waals surface area contributed by atoms with Gasteiger partial charge >= 0.3 is 10.3 Å². The summed E-state index contributed by atoms with van der Waals surface area (Å²) in [6.07, 6.45) is 2.24. The first-order valence-electron chi connectivity index (χ1n) is 14.5. The summed E-state index contributed by atoms with van der Waals surface area (Å²) in [7, 11) is -2.78. The molecule has 2 aliphatic heterocycles. The van der Waals surface area contributed by atoms with E-state index >= 15 is 0 Å². The number of carbonyl (C=O) groups is 1. The highest BCUT2D eigenvalue weighted by atomic mass is 32.2. The number of rotatable bonds is 9. The summed E-state index contributed by atoms with van der Waals surface area (Å²) in [5.41, 5.74) is 3.70. The van der Waals surface area contributed by atoms with Crippen LogP contribution in [0, 0.1) is 5.92 Å². The van der Waals surface area contributed by atoms with Gasteiger partial charge in [-0.3, -0.25) is 4.79 Å². The first-order valence-corrected chi connectivity index (χ1v) is 15.9. The van der Waals surface area contributed by atoms with Crippen LogP contribution in [0.15, 0.2) is 72.8 Å². The van der Waals surface area contributed by atoms with E-state index in [1.165, 1.54) is 0 Å². The summed E-state index contributed by atoms with van der Waals surface area (Å²) in [5, 5.41) is 0. The summed E-state index contributed by atoms with van der Waals surface area (Å²) in [6, 6.07) is 23.8. The molecule has 8 heteroatoms. The molecule has 218 valence electrons. The fraction of sp³-hybridized carbons (Fsp3) is 0.424. The molecule has 4 unspecified atom stereocenters. The molecule has 4 atom stereocenters. The minimum absolute atomic E-state index is 0.0256. The Labute approximate surface area is 244 Å². The maximum absolute atomic E-state index is 13.9. The molecule has 2 aliphatic rings. The smallest absolute Gasteiger partial charge is 0.409 e. The molecule has 0 aliphatic carbocycles. The molecule has 1 N–H and O–H groups in total. The van der Waals surface area contributed by atoms with Gasteiger partial charge in [0.25, 0.3) is 0 Å². The van der Waals surface area contributed by atoms with Crippen LogP contribution in [0.5, 0.6) is 11.5 Å². The van der Waals surface area contributed by atoms with Crippen molar-refractivity contribution in [1.82, 2.24) is 4.72 Å². The normalized spacial score (nSPS) is 22.2. The fourth-order valence-electron chi connectivity index (χ4n) is 6.65. The van der Waals surface area contributed by atoms with Crippen molar-refractivity contribution in [1.29, 1.82) is 0 Å². The average Bonchev–Trinajstić information content (AvgIpc) is 3.28. The molecule has 2 heterocycles. The summed E-state index contributed by atoms with van der Waals surface area (Å²) < 4.78 is 40.3. The zero-order valence-corrected chi connectivity index (χ0v) is 25.2. The van der Waals surface area contributed by atoms with E-state index in [4.69, 9.17) is 8.92 Å². The second-order valence-electron chi connectivity index (χ2n) is 11.8. The third-order valence-corrected chi connectivity index (χ3v) is 9.40. The van der Waals surface area contributed by atoms with Crippen molar-refractivity contribution in [2.75, 3.05) is 12.0 Å². The van der Waals surface area contributed by atoms with E-state index in [9.17, 15) is 13.2 Å². The standard InChI is InChI=1S/C33H40N2O5S/c1-21(2)26-15-10-16-27(22(3)4)32(26)40-41(37,38)34-33(36)29-20-28(23-11-9-14-25(19-23)39-5)30-17-18-31(29)35(30)24-12-7-6-8-13-24/h6-16,19,21-22,28-31H,17-18,20H2,1-5H3,(H,34,36). The van der Waals surface area contributed by atoms with E-state index in [1.54, 1.807) is 7.11 Å². The van der Waals surface area contributed by atoms with Gasteiger partial charge in [-0.05, 0) is 72.1 Å². The van der Waals surface area contributed by atoms with Crippen LogP contribution in [-0.4, -0.2) is 33.5 Å². The highest BCUT2D eigenvalue weighted by molar-refractivity contribution is 7.85. The molecule has 5 rings (SSSR count). The number of para-hydroxylation sites is 2. The number of piperidine rings is 1. The maximum atomic E-state index is 13.9. The number of carbonyl (C=O) groups excluding carboxylic acids is 1. The molecular weight excluding hydrogens is 536 g/mol. The molecule has 41 heavy (non-hydrogen) atoms. The summed E-state index contributed by atoms with van der Waals surface area (Å²) >= 11 is 0. The molecule has 2 saturated heterocycles. The predicted octanol–water partition coefficient (Wildman–Crippen LogP) is 6.52. The number of hydrogen-bond acceptors (Lipinski definition) is 6. The highest BCUT2D eigenvalue weighted by Crippen LogP contribution is 2.49. The minimum atomic E-state index is -4.43. The lowest BCUT2D eigenvalue weighted by Gasteiger charge is -2.45. The summed E-state index contributed by atoms with van der Waals surface area (Å²) in [5.74, 6) is 0.111. The van der Waals surface area contributed by atoms with Crippen LogP contribution in [0.25, 0.3) is 0 Å². The lowest BCUT2D eigenvalue weighted by Crippen LogP contribution is -2.54. The number of benzene rings is 3. The van der Waals surface area contributed by atoms with Gasteiger partial charge in [0.1, 0.15) is 5.75 Å². The van der Waals surface area contributed by atoms with Crippen molar-refractivity contribution in [3.05, 3.63) is 89.5 Å². The Balaban J connectivity index is 1.46. The monoisotopic (exact) mass is 576 g/mol. The van der Waals surface area contributed by atoms with E-state index in [0.29, 0.717) is 12.2 Å². The number of ether oxygens (including phenoxy) is 1. The molecule has 0 saturated carbocycles.